The Bertz CT molecular complexity index is 374. The van der Waals surface area contributed by atoms with Crippen LogP contribution in [0, 0.1) is 19.3 Å². The summed E-state index contributed by atoms with van der Waals surface area (Å²) >= 11 is 5.81. The molecule has 0 aromatic heterocycles. The summed E-state index contributed by atoms with van der Waals surface area (Å²) in [7, 11) is 0. The van der Waals surface area contributed by atoms with Crippen molar-refractivity contribution in [3.05, 3.63) is 34.3 Å². The Hall–Kier alpha value is -1.26. The number of ketones is 1. The third-order valence-electron chi connectivity index (χ3n) is 1.74. The van der Waals surface area contributed by atoms with Crippen molar-refractivity contribution in [1.29, 1.82) is 0 Å². The minimum absolute atomic E-state index is 0.0396. The fourth-order valence-electron chi connectivity index (χ4n) is 1.01. The van der Waals surface area contributed by atoms with E-state index in [1.165, 1.54) is 0 Å². The minimum atomic E-state index is -0.0396. The van der Waals surface area contributed by atoms with Gasteiger partial charge in [0.15, 0.2) is 5.78 Å². The number of carbonyl (C=O) groups is 1. The van der Waals surface area contributed by atoms with E-state index in [1.807, 2.05) is 6.92 Å². The summed E-state index contributed by atoms with van der Waals surface area (Å²) < 4.78 is 0. The van der Waals surface area contributed by atoms with E-state index >= 15 is 0 Å². The molecule has 1 rings (SSSR count). The second-order valence-corrected chi connectivity index (χ2v) is 3.18. The molecule has 0 aliphatic heterocycles. The number of hydrogen-bond acceptors (Lipinski definition) is 1. The summed E-state index contributed by atoms with van der Waals surface area (Å²) in [6, 6.07) is 5.15. The van der Waals surface area contributed by atoms with Gasteiger partial charge in [-0.1, -0.05) is 17.5 Å². The average molecular weight is 193 g/mol. The molecule has 0 saturated carbocycles. The summed E-state index contributed by atoms with van der Waals surface area (Å²) in [5, 5.41) is 0.664. The molecule has 13 heavy (non-hydrogen) atoms. The molecule has 0 fully saturated rings. The molecule has 0 N–H and O–H groups in total. The monoisotopic (exact) mass is 192 g/mol. The van der Waals surface area contributed by atoms with Crippen molar-refractivity contribution in [3.8, 4) is 12.3 Å². The van der Waals surface area contributed by atoms with Gasteiger partial charge in [0.1, 0.15) is 0 Å². The summed E-state index contributed by atoms with van der Waals surface area (Å²) in [6.45, 7) is 1.86. The highest BCUT2D eigenvalue weighted by molar-refractivity contribution is 6.31. The second-order valence-electron chi connectivity index (χ2n) is 2.77. The number of Topliss-reactive ketones (excluding diaryl/α,β-unsaturated/α-hetero) is 1. The number of rotatable bonds is 2. The van der Waals surface area contributed by atoms with Gasteiger partial charge in [0.05, 0.1) is 6.42 Å². The van der Waals surface area contributed by atoms with E-state index < -0.39 is 0 Å². The van der Waals surface area contributed by atoms with Crippen LogP contribution in [0.25, 0.3) is 0 Å². The molecule has 1 aromatic carbocycles. The lowest BCUT2D eigenvalue weighted by atomic mass is 10.1. The Morgan fingerprint density at radius 1 is 1.62 bits per heavy atom. The summed E-state index contributed by atoms with van der Waals surface area (Å²) in [6.07, 6.45) is 5.18. The van der Waals surface area contributed by atoms with Gasteiger partial charge in [-0.05, 0) is 30.7 Å². The summed E-state index contributed by atoms with van der Waals surface area (Å²) in [5.41, 5.74) is 1.52. The lowest BCUT2D eigenvalue weighted by Crippen LogP contribution is -1.97. The maximum Gasteiger partial charge on any atom is 0.174 e. The predicted octanol–water partition coefficient (Wildman–Crippen LogP) is 2.85. The van der Waals surface area contributed by atoms with Gasteiger partial charge >= 0.3 is 0 Å². The SMILES string of the molecule is C#CCC(=O)c1ccc(Cl)c(C)c1. The van der Waals surface area contributed by atoms with E-state index in [0.29, 0.717) is 10.6 Å². The Kier molecular flexibility index (Phi) is 3.11. The highest BCUT2D eigenvalue weighted by atomic mass is 35.5. The minimum Gasteiger partial charge on any atom is -0.293 e. The van der Waals surface area contributed by atoms with Crippen LogP contribution in [0.4, 0.5) is 0 Å². The molecular formula is C11H9ClO. The maximum atomic E-state index is 11.3. The lowest BCUT2D eigenvalue weighted by Gasteiger charge is -2.00. The van der Waals surface area contributed by atoms with Crippen LogP contribution in [0.1, 0.15) is 22.3 Å². The van der Waals surface area contributed by atoms with Crippen LogP contribution in [-0.2, 0) is 0 Å². The summed E-state index contributed by atoms with van der Waals surface area (Å²) in [4.78, 5) is 11.3. The van der Waals surface area contributed by atoms with E-state index in [-0.39, 0.29) is 12.2 Å². The van der Waals surface area contributed by atoms with Gasteiger partial charge in [-0.3, -0.25) is 4.79 Å². The van der Waals surface area contributed by atoms with Crippen LogP contribution in [-0.4, -0.2) is 5.78 Å². The molecule has 0 aliphatic carbocycles. The van der Waals surface area contributed by atoms with E-state index in [1.54, 1.807) is 18.2 Å². The molecule has 1 aromatic rings. The molecule has 0 heterocycles. The van der Waals surface area contributed by atoms with Crippen molar-refractivity contribution >= 4 is 17.4 Å². The molecule has 0 aliphatic rings. The van der Waals surface area contributed by atoms with Crippen LogP contribution in [0.2, 0.25) is 5.02 Å². The molecule has 0 bridgehead atoms. The highest BCUT2D eigenvalue weighted by Crippen LogP contribution is 2.16. The molecule has 0 spiro atoms. The largest absolute Gasteiger partial charge is 0.293 e. The van der Waals surface area contributed by atoms with Crippen LogP contribution < -0.4 is 0 Å². The molecule has 0 unspecified atom stereocenters. The zero-order valence-corrected chi connectivity index (χ0v) is 8.06. The number of terminal acetylenes is 1. The van der Waals surface area contributed by atoms with Gasteiger partial charge in [0, 0.05) is 10.6 Å². The molecule has 2 heteroatoms. The molecule has 66 valence electrons. The zero-order valence-electron chi connectivity index (χ0n) is 7.30. The first-order valence-corrected chi connectivity index (χ1v) is 4.25. The first-order chi connectivity index (χ1) is 6.15. The van der Waals surface area contributed by atoms with Crippen molar-refractivity contribution < 1.29 is 4.79 Å². The van der Waals surface area contributed by atoms with Crippen LogP contribution in [0.3, 0.4) is 0 Å². The Labute approximate surface area is 82.7 Å². The molecule has 0 atom stereocenters. The standard InChI is InChI=1S/C11H9ClO/c1-3-4-11(13)9-5-6-10(12)8(2)7-9/h1,5-7H,4H2,2H3. The van der Waals surface area contributed by atoms with Crippen LogP contribution in [0.15, 0.2) is 18.2 Å². The van der Waals surface area contributed by atoms with E-state index in [2.05, 4.69) is 5.92 Å². The molecule has 0 amide bonds. The predicted molar refractivity (Wildman–Crippen MR) is 54.0 cm³/mol. The number of aryl methyl sites for hydroxylation is 1. The number of halogens is 1. The number of carbonyl (C=O) groups excluding carboxylic acids is 1. The molecule has 0 saturated heterocycles. The van der Waals surface area contributed by atoms with Crippen LogP contribution >= 0.6 is 11.6 Å². The van der Waals surface area contributed by atoms with E-state index in [9.17, 15) is 4.79 Å². The van der Waals surface area contributed by atoms with Crippen molar-refractivity contribution in [3.63, 3.8) is 0 Å². The quantitative estimate of drug-likeness (QED) is 0.520. The van der Waals surface area contributed by atoms with Crippen molar-refractivity contribution in [2.24, 2.45) is 0 Å². The Morgan fingerprint density at radius 3 is 2.85 bits per heavy atom. The Morgan fingerprint density at radius 2 is 2.31 bits per heavy atom. The first-order valence-electron chi connectivity index (χ1n) is 3.88. The molecule has 1 nitrogen and oxygen atoms in total. The normalized spacial score (nSPS) is 9.31. The maximum absolute atomic E-state index is 11.3. The van der Waals surface area contributed by atoms with E-state index in [0.717, 1.165) is 5.56 Å². The zero-order chi connectivity index (χ0) is 9.84. The van der Waals surface area contributed by atoms with Gasteiger partial charge < -0.3 is 0 Å². The highest BCUT2D eigenvalue weighted by Gasteiger charge is 2.04. The van der Waals surface area contributed by atoms with Gasteiger partial charge in [0.2, 0.25) is 0 Å². The van der Waals surface area contributed by atoms with E-state index in [4.69, 9.17) is 18.0 Å². The third-order valence-corrected chi connectivity index (χ3v) is 2.17. The topological polar surface area (TPSA) is 17.1 Å². The van der Waals surface area contributed by atoms with Gasteiger partial charge in [-0.25, -0.2) is 0 Å². The van der Waals surface area contributed by atoms with Gasteiger partial charge in [0.25, 0.3) is 0 Å². The second kappa shape index (κ2) is 4.11. The molecular weight excluding hydrogens is 184 g/mol. The fraction of sp³-hybridized carbons (Fsp3) is 0.182. The smallest absolute Gasteiger partial charge is 0.174 e. The number of benzene rings is 1. The summed E-state index contributed by atoms with van der Waals surface area (Å²) in [5.74, 6) is 2.28. The third kappa shape index (κ3) is 2.34. The van der Waals surface area contributed by atoms with Crippen molar-refractivity contribution in [2.45, 2.75) is 13.3 Å². The van der Waals surface area contributed by atoms with Crippen molar-refractivity contribution in [1.82, 2.24) is 0 Å². The van der Waals surface area contributed by atoms with Gasteiger partial charge in [-0.2, -0.15) is 0 Å². The molecule has 0 radical (unpaired) electrons. The average Bonchev–Trinajstić information content (AvgIpc) is 2.10. The first kappa shape index (κ1) is 9.83. The van der Waals surface area contributed by atoms with Crippen molar-refractivity contribution in [2.75, 3.05) is 0 Å². The number of hydrogen-bond donors (Lipinski definition) is 0. The lowest BCUT2D eigenvalue weighted by molar-refractivity contribution is 0.0998. The Balaban J connectivity index is 2.98. The fourth-order valence-corrected chi connectivity index (χ4v) is 1.13. The van der Waals surface area contributed by atoms with Crippen LogP contribution in [0.5, 0.6) is 0 Å². The van der Waals surface area contributed by atoms with Gasteiger partial charge in [-0.15, -0.1) is 6.42 Å².